The van der Waals surface area contributed by atoms with Crippen LogP contribution in [0, 0.1) is 0 Å². The van der Waals surface area contributed by atoms with Gasteiger partial charge in [-0.15, -0.1) is 0 Å². The Hall–Kier alpha value is -3.81. The Bertz CT molecular complexity index is 1840. The topological polar surface area (TPSA) is 13.1 Å². The van der Waals surface area contributed by atoms with Crippen LogP contribution in [-0.2, 0) is 0 Å². The molecule has 0 radical (unpaired) electrons. The quantitative estimate of drug-likeness (QED) is 0.237. The lowest BCUT2D eigenvalue weighted by atomic mass is 9.96. The Morgan fingerprint density at radius 2 is 1.22 bits per heavy atom. The van der Waals surface area contributed by atoms with Crippen molar-refractivity contribution in [2.24, 2.45) is 0 Å². The van der Waals surface area contributed by atoms with Crippen LogP contribution in [0.3, 0.4) is 0 Å². The Labute approximate surface area is 189 Å². The summed E-state index contributed by atoms with van der Waals surface area (Å²) in [6, 6.07) is 36.1. The molecule has 0 aliphatic rings. The molecule has 6 aromatic carbocycles. The van der Waals surface area contributed by atoms with Crippen LogP contribution in [0.2, 0.25) is 5.02 Å². The fourth-order valence-electron chi connectivity index (χ4n) is 4.98. The zero-order chi connectivity index (χ0) is 21.2. The van der Waals surface area contributed by atoms with Crippen LogP contribution >= 0.6 is 11.6 Å². The van der Waals surface area contributed by atoms with Gasteiger partial charge in [0, 0.05) is 21.2 Å². The maximum absolute atomic E-state index is 6.52. The summed E-state index contributed by atoms with van der Waals surface area (Å²) in [4.78, 5) is 0. The average Bonchev–Trinajstić information content (AvgIpc) is 3.23. The molecule has 0 fully saturated rings. The third kappa shape index (κ3) is 2.52. The Morgan fingerprint density at radius 1 is 0.500 bits per heavy atom. The second-order valence-electron chi connectivity index (χ2n) is 8.31. The molecular formula is C30H17ClO. The van der Waals surface area contributed by atoms with Gasteiger partial charge in [-0.25, -0.2) is 0 Å². The van der Waals surface area contributed by atoms with Crippen molar-refractivity contribution in [3.8, 4) is 11.1 Å². The van der Waals surface area contributed by atoms with Gasteiger partial charge in [-0.2, -0.15) is 0 Å². The van der Waals surface area contributed by atoms with Crippen LogP contribution in [0.15, 0.2) is 108 Å². The number of hydrogen-bond acceptors (Lipinski definition) is 1. The third-order valence-corrected chi connectivity index (χ3v) is 6.72. The lowest BCUT2D eigenvalue weighted by Gasteiger charge is -2.07. The maximum atomic E-state index is 6.52. The highest BCUT2D eigenvalue weighted by Crippen LogP contribution is 2.42. The van der Waals surface area contributed by atoms with Crippen molar-refractivity contribution >= 4 is 65.9 Å². The summed E-state index contributed by atoms with van der Waals surface area (Å²) in [5, 5.41) is 10.1. The van der Waals surface area contributed by atoms with Gasteiger partial charge in [-0.3, -0.25) is 0 Å². The lowest BCUT2D eigenvalue weighted by Crippen LogP contribution is -1.81. The molecule has 0 N–H and O–H groups in total. The van der Waals surface area contributed by atoms with E-state index >= 15 is 0 Å². The van der Waals surface area contributed by atoms with Gasteiger partial charge in [0.25, 0.3) is 0 Å². The smallest absolute Gasteiger partial charge is 0.143 e. The first kappa shape index (κ1) is 17.8. The predicted octanol–water partition coefficient (Wildman–Crippen LogP) is 9.37. The molecule has 0 aliphatic carbocycles. The van der Waals surface area contributed by atoms with Crippen LogP contribution in [0.25, 0.3) is 65.4 Å². The summed E-state index contributed by atoms with van der Waals surface area (Å²) in [5.41, 5.74) is 4.16. The number of furan rings is 1. The van der Waals surface area contributed by atoms with Crippen LogP contribution in [0.4, 0.5) is 0 Å². The number of halogens is 1. The molecular weight excluding hydrogens is 412 g/mol. The summed E-state index contributed by atoms with van der Waals surface area (Å²) in [6.07, 6.45) is 0. The largest absolute Gasteiger partial charge is 0.455 e. The molecule has 0 amide bonds. The van der Waals surface area contributed by atoms with Crippen molar-refractivity contribution in [3.63, 3.8) is 0 Å². The van der Waals surface area contributed by atoms with Crippen LogP contribution in [0.5, 0.6) is 0 Å². The second kappa shape index (κ2) is 6.59. The van der Waals surface area contributed by atoms with Crippen molar-refractivity contribution in [2.75, 3.05) is 0 Å². The van der Waals surface area contributed by atoms with E-state index in [-0.39, 0.29) is 0 Å². The minimum absolute atomic E-state index is 0.733. The molecule has 0 aliphatic heterocycles. The van der Waals surface area contributed by atoms with Gasteiger partial charge in [0.05, 0.1) is 0 Å². The number of benzene rings is 6. The molecule has 150 valence electrons. The van der Waals surface area contributed by atoms with Crippen molar-refractivity contribution in [1.29, 1.82) is 0 Å². The second-order valence-corrected chi connectivity index (χ2v) is 8.75. The Morgan fingerprint density at radius 3 is 2.12 bits per heavy atom. The van der Waals surface area contributed by atoms with Crippen molar-refractivity contribution in [3.05, 3.63) is 108 Å². The van der Waals surface area contributed by atoms with Gasteiger partial charge in [-0.1, -0.05) is 78.3 Å². The Kier molecular flexibility index (Phi) is 3.67. The highest BCUT2D eigenvalue weighted by Gasteiger charge is 2.16. The molecule has 2 heteroatoms. The van der Waals surface area contributed by atoms with Crippen LogP contribution in [0.1, 0.15) is 0 Å². The molecule has 1 heterocycles. The van der Waals surface area contributed by atoms with E-state index in [4.69, 9.17) is 16.0 Å². The monoisotopic (exact) mass is 428 g/mol. The van der Waals surface area contributed by atoms with Gasteiger partial charge < -0.3 is 4.42 Å². The molecule has 0 saturated heterocycles. The minimum atomic E-state index is 0.733. The van der Waals surface area contributed by atoms with Gasteiger partial charge in [0.2, 0.25) is 0 Å². The highest BCUT2D eigenvalue weighted by molar-refractivity contribution is 6.34. The predicted molar refractivity (Wildman–Crippen MR) is 137 cm³/mol. The summed E-state index contributed by atoms with van der Waals surface area (Å²) in [6.45, 7) is 0. The third-order valence-electron chi connectivity index (χ3n) is 6.49. The lowest BCUT2D eigenvalue weighted by molar-refractivity contribution is 0.673. The first-order valence-corrected chi connectivity index (χ1v) is 11.1. The van der Waals surface area contributed by atoms with Crippen LogP contribution < -0.4 is 0 Å². The van der Waals surface area contributed by atoms with Crippen LogP contribution in [-0.4, -0.2) is 0 Å². The number of fused-ring (bicyclic) bond motifs is 9. The molecule has 1 aromatic heterocycles. The van der Waals surface area contributed by atoms with Gasteiger partial charge in [0.1, 0.15) is 11.2 Å². The molecule has 0 bridgehead atoms. The molecule has 0 spiro atoms. The molecule has 7 aromatic rings. The van der Waals surface area contributed by atoms with Gasteiger partial charge in [0.15, 0.2) is 0 Å². The zero-order valence-electron chi connectivity index (χ0n) is 17.1. The van der Waals surface area contributed by atoms with Gasteiger partial charge >= 0.3 is 0 Å². The molecule has 7 rings (SSSR count). The molecule has 0 atom stereocenters. The van der Waals surface area contributed by atoms with E-state index in [1.165, 1.54) is 27.1 Å². The first-order valence-electron chi connectivity index (χ1n) is 10.7. The van der Waals surface area contributed by atoms with E-state index in [1.807, 2.05) is 12.1 Å². The van der Waals surface area contributed by atoms with E-state index in [2.05, 4.69) is 91.0 Å². The molecule has 0 saturated carbocycles. The summed E-state index contributed by atoms with van der Waals surface area (Å²) < 4.78 is 6.52. The van der Waals surface area contributed by atoms with Crippen molar-refractivity contribution in [1.82, 2.24) is 0 Å². The molecule has 32 heavy (non-hydrogen) atoms. The van der Waals surface area contributed by atoms with E-state index < -0.39 is 0 Å². The van der Waals surface area contributed by atoms with E-state index in [1.54, 1.807) is 0 Å². The van der Waals surface area contributed by atoms with E-state index in [0.29, 0.717) is 0 Å². The first-order chi connectivity index (χ1) is 15.8. The minimum Gasteiger partial charge on any atom is -0.455 e. The van der Waals surface area contributed by atoms with E-state index in [9.17, 15) is 0 Å². The maximum Gasteiger partial charge on any atom is 0.143 e. The van der Waals surface area contributed by atoms with E-state index in [0.717, 1.165) is 43.3 Å². The standard InChI is InChI=1S/C30H17ClO/c31-22-12-14-25-27(17-22)23-7-3-4-8-24(23)29-26-13-11-21(16-28(26)32-30(25)29)20-10-9-18-5-1-2-6-19(18)15-20/h1-17H. The normalized spacial score (nSPS) is 11.9. The fraction of sp³-hybridized carbons (Fsp3) is 0. The van der Waals surface area contributed by atoms with Gasteiger partial charge in [-0.05, 0) is 74.5 Å². The zero-order valence-corrected chi connectivity index (χ0v) is 17.9. The van der Waals surface area contributed by atoms with Crippen molar-refractivity contribution in [2.45, 2.75) is 0 Å². The summed E-state index contributed by atoms with van der Waals surface area (Å²) >= 11 is 6.35. The molecule has 0 unspecified atom stereocenters. The number of rotatable bonds is 1. The highest BCUT2D eigenvalue weighted by atomic mass is 35.5. The van der Waals surface area contributed by atoms with Crippen molar-refractivity contribution < 1.29 is 4.42 Å². The summed E-state index contributed by atoms with van der Waals surface area (Å²) in [5.74, 6) is 0. The number of hydrogen-bond donors (Lipinski definition) is 0. The SMILES string of the molecule is Clc1ccc2c(c1)c1ccccc1c1c3ccc(-c4ccc5ccccc5c4)cc3oc21. The fourth-order valence-corrected chi connectivity index (χ4v) is 5.15. The Balaban J connectivity index is 1.56. The summed E-state index contributed by atoms with van der Waals surface area (Å²) in [7, 11) is 0. The average molecular weight is 429 g/mol. The molecule has 1 nitrogen and oxygen atoms in total.